The van der Waals surface area contributed by atoms with E-state index in [1.807, 2.05) is 12.1 Å². The van der Waals surface area contributed by atoms with E-state index in [2.05, 4.69) is 36.9 Å². The number of phenols is 1. The normalized spacial score (nSPS) is 18.3. The highest BCUT2D eigenvalue weighted by atomic mass is 16.3. The second-order valence-electron chi connectivity index (χ2n) is 5.68. The van der Waals surface area contributed by atoms with E-state index in [-0.39, 0.29) is 0 Å². The molecule has 1 atom stereocenters. The molecule has 0 saturated carbocycles. The third-order valence-corrected chi connectivity index (χ3v) is 4.11. The third kappa shape index (κ3) is 3.28. The molecule has 106 valence electrons. The second kappa shape index (κ2) is 6.40. The minimum absolute atomic E-state index is 0.476. The Hall–Kier alpha value is -1.06. The lowest BCUT2D eigenvalue weighted by Gasteiger charge is -2.28. The SMILES string of the molecule is CCN(CCCN(C)C)C1CCc2c(O)cccc21. The molecule has 0 bridgehead atoms. The lowest BCUT2D eigenvalue weighted by atomic mass is 10.1. The zero-order valence-electron chi connectivity index (χ0n) is 12.4. The summed E-state index contributed by atoms with van der Waals surface area (Å²) in [5.41, 5.74) is 2.50. The molecule has 3 nitrogen and oxygen atoms in total. The predicted molar refractivity (Wildman–Crippen MR) is 79.6 cm³/mol. The Kier molecular flexibility index (Phi) is 4.83. The molecule has 0 radical (unpaired) electrons. The molecule has 2 rings (SSSR count). The van der Waals surface area contributed by atoms with Crippen LogP contribution in [-0.2, 0) is 6.42 Å². The fourth-order valence-corrected chi connectivity index (χ4v) is 3.12. The maximum atomic E-state index is 9.93. The number of hydrogen-bond donors (Lipinski definition) is 1. The van der Waals surface area contributed by atoms with E-state index in [1.165, 1.54) is 17.5 Å². The summed E-state index contributed by atoms with van der Waals surface area (Å²) in [6, 6.07) is 6.46. The van der Waals surface area contributed by atoms with Gasteiger partial charge in [0.05, 0.1) is 0 Å². The van der Waals surface area contributed by atoms with Gasteiger partial charge in [-0.25, -0.2) is 0 Å². The molecule has 0 amide bonds. The van der Waals surface area contributed by atoms with Gasteiger partial charge in [0.15, 0.2) is 0 Å². The topological polar surface area (TPSA) is 26.7 Å². The van der Waals surface area contributed by atoms with Gasteiger partial charge >= 0.3 is 0 Å². The van der Waals surface area contributed by atoms with E-state index in [0.717, 1.165) is 32.5 Å². The molecule has 1 unspecified atom stereocenters. The summed E-state index contributed by atoms with van der Waals surface area (Å²) in [5.74, 6) is 0.476. The van der Waals surface area contributed by atoms with Crippen LogP contribution in [0.15, 0.2) is 18.2 Å². The van der Waals surface area contributed by atoms with Crippen LogP contribution in [0.2, 0.25) is 0 Å². The van der Waals surface area contributed by atoms with Crippen molar-refractivity contribution in [1.29, 1.82) is 0 Å². The highest BCUT2D eigenvalue weighted by Gasteiger charge is 2.28. The molecular weight excluding hydrogens is 236 g/mol. The molecule has 3 heteroatoms. The number of hydrogen-bond acceptors (Lipinski definition) is 3. The van der Waals surface area contributed by atoms with Crippen molar-refractivity contribution in [3.63, 3.8) is 0 Å². The lowest BCUT2D eigenvalue weighted by molar-refractivity contribution is 0.196. The van der Waals surface area contributed by atoms with Gasteiger partial charge in [-0.15, -0.1) is 0 Å². The molecule has 0 spiro atoms. The van der Waals surface area contributed by atoms with Gasteiger partial charge in [-0.2, -0.15) is 0 Å². The average Bonchev–Trinajstić information content (AvgIpc) is 2.80. The van der Waals surface area contributed by atoms with Crippen molar-refractivity contribution in [3.8, 4) is 5.75 Å². The largest absolute Gasteiger partial charge is 0.508 e. The first-order chi connectivity index (χ1) is 9.13. The minimum atomic E-state index is 0.476. The summed E-state index contributed by atoms with van der Waals surface area (Å²) in [7, 11) is 4.25. The number of phenolic OH excluding ortho intramolecular Hbond substituents is 1. The maximum absolute atomic E-state index is 9.93. The summed E-state index contributed by atoms with van der Waals surface area (Å²) in [6.45, 7) is 5.58. The van der Waals surface area contributed by atoms with Crippen LogP contribution in [0.5, 0.6) is 5.75 Å². The van der Waals surface area contributed by atoms with Gasteiger partial charge in [-0.05, 0) is 70.2 Å². The second-order valence-corrected chi connectivity index (χ2v) is 5.68. The quantitative estimate of drug-likeness (QED) is 0.854. The van der Waals surface area contributed by atoms with Crippen molar-refractivity contribution in [1.82, 2.24) is 9.80 Å². The number of benzene rings is 1. The number of aromatic hydroxyl groups is 1. The van der Waals surface area contributed by atoms with Crippen LogP contribution in [0.1, 0.15) is 36.9 Å². The fraction of sp³-hybridized carbons (Fsp3) is 0.625. The Morgan fingerprint density at radius 2 is 2.05 bits per heavy atom. The van der Waals surface area contributed by atoms with Crippen LogP contribution in [0.4, 0.5) is 0 Å². The molecule has 1 aromatic rings. The summed E-state index contributed by atoms with van der Waals surface area (Å²) >= 11 is 0. The monoisotopic (exact) mass is 262 g/mol. The molecule has 0 aromatic heterocycles. The van der Waals surface area contributed by atoms with Crippen molar-refractivity contribution in [2.45, 2.75) is 32.2 Å². The van der Waals surface area contributed by atoms with E-state index < -0.39 is 0 Å². The standard InChI is InChI=1S/C16H26N2O/c1-4-18(12-6-11-17(2)3)15-10-9-14-13(15)7-5-8-16(14)19/h5,7-8,15,19H,4,6,9-12H2,1-3H3. The van der Waals surface area contributed by atoms with Gasteiger partial charge in [-0.1, -0.05) is 19.1 Å². The van der Waals surface area contributed by atoms with Crippen LogP contribution in [-0.4, -0.2) is 48.6 Å². The molecule has 19 heavy (non-hydrogen) atoms. The fourth-order valence-electron chi connectivity index (χ4n) is 3.12. The zero-order chi connectivity index (χ0) is 13.8. The first kappa shape index (κ1) is 14.4. The number of rotatable bonds is 6. The number of nitrogens with zero attached hydrogens (tertiary/aromatic N) is 2. The highest BCUT2D eigenvalue weighted by Crippen LogP contribution is 2.39. The maximum Gasteiger partial charge on any atom is 0.119 e. The van der Waals surface area contributed by atoms with E-state index in [1.54, 1.807) is 0 Å². The van der Waals surface area contributed by atoms with E-state index in [4.69, 9.17) is 0 Å². The zero-order valence-corrected chi connectivity index (χ0v) is 12.4. The Morgan fingerprint density at radius 1 is 1.26 bits per heavy atom. The van der Waals surface area contributed by atoms with Crippen LogP contribution >= 0.6 is 0 Å². The smallest absolute Gasteiger partial charge is 0.119 e. The van der Waals surface area contributed by atoms with Crippen LogP contribution in [0.3, 0.4) is 0 Å². The Bertz CT molecular complexity index is 417. The molecular formula is C16H26N2O. The summed E-state index contributed by atoms with van der Waals surface area (Å²) in [5, 5.41) is 9.93. The van der Waals surface area contributed by atoms with Gasteiger partial charge in [0.1, 0.15) is 5.75 Å². The van der Waals surface area contributed by atoms with Crippen LogP contribution in [0.25, 0.3) is 0 Å². The van der Waals surface area contributed by atoms with Gasteiger partial charge in [0, 0.05) is 6.04 Å². The predicted octanol–water partition coefficient (Wildman–Crippen LogP) is 2.65. The van der Waals surface area contributed by atoms with Crippen molar-refractivity contribution in [2.75, 3.05) is 33.7 Å². The molecule has 0 aliphatic heterocycles. The Balaban J connectivity index is 2.04. The van der Waals surface area contributed by atoms with Crippen molar-refractivity contribution in [2.24, 2.45) is 0 Å². The summed E-state index contributed by atoms with van der Waals surface area (Å²) in [6.07, 6.45) is 3.35. The van der Waals surface area contributed by atoms with Crippen molar-refractivity contribution >= 4 is 0 Å². The van der Waals surface area contributed by atoms with Crippen LogP contribution in [0, 0.1) is 0 Å². The van der Waals surface area contributed by atoms with Gasteiger partial charge < -0.3 is 10.0 Å². The molecule has 1 N–H and O–H groups in total. The van der Waals surface area contributed by atoms with Crippen LogP contribution < -0.4 is 0 Å². The molecule has 0 saturated heterocycles. The number of fused-ring (bicyclic) bond motifs is 1. The van der Waals surface area contributed by atoms with Gasteiger partial charge in [-0.3, -0.25) is 4.90 Å². The van der Waals surface area contributed by atoms with Crippen molar-refractivity contribution < 1.29 is 5.11 Å². The molecule has 0 heterocycles. The Labute approximate surface area is 116 Å². The van der Waals surface area contributed by atoms with E-state index in [9.17, 15) is 5.11 Å². The van der Waals surface area contributed by atoms with E-state index >= 15 is 0 Å². The molecule has 1 aliphatic rings. The summed E-state index contributed by atoms with van der Waals surface area (Å²) in [4.78, 5) is 4.79. The lowest BCUT2D eigenvalue weighted by Crippen LogP contribution is -2.30. The molecule has 1 aromatic carbocycles. The Morgan fingerprint density at radius 3 is 2.74 bits per heavy atom. The third-order valence-electron chi connectivity index (χ3n) is 4.11. The first-order valence-corrected chi connectivity index (χ1v) is 7.33. The molecule has 0 fully saturated rings. The minimum Gasteiger partial charge on any atom is -0.508 e. The average molecular weight is 262 g/mol. The molecule has 1 aliphatic carbocycles. The first-order valence-electron chi connectivity index (χ1n) is 7.33. The van der Waals surface area contributed by atoms with Gasteiger partial charge in [0.25, 0.3) is 0 Å². The van der Waals surface area contributed by atoms with E-state index in [0.29, 0.717) is 11.8 Å². The highest BCUT2D eigenvalue weighted by molar-refractivity contribution is 5.44. The summed E-state index contributed by atoms with van der Waals surface area (Å²) < 4.78 is 0. The van der Waals surface area contributed by atoms with Crippen molar-refractivity contribution in [3.05, 3.63) is 29.3 Å². The van der Waals surface area contributed by atoms with Gasteiger partial charge in [0.2, 0.25) is 0 Å².